The lowest BCUT2D eigenvalue weighted by atomic mass is 10.4. The van der Waals surface area contributed by atoms with Gasteiger partial charge in [-0.2, -0.15) is 5.10 Å². The van der Waals surface area contributed by atoms with Crippen LogP contribution in [0.25, 0.3) is 0 Å². The maximum atomic E-state index is 5.60. The Kier molecular flexibility index (Phi) is 4.55. The highest BCUT2D eigenvalue weighted by Gasteiger charge is 2.12. The zero-order valence-electron chi connectivity index (χ0n) is 9.88. The maximum absolute atomic E-state index is 5.60. The van der Waals surface area contributed by atoms with Crippen LogP contribution in [0.1, 0.15) is 5.56 Å². The van der Waals surface area contributed by atoms with E-state index in [2.05, 4.69) is 40.7 Å². The minimum atomic E-state index is -0.970. The Morgan fingerprint density at radius 3 is 2.60 bits per heavy atom. The second-order valence-electron chi connectivity index (χ2n) is 4.97. The molecule has 86 valence electrons. The summed E-state index contributed by atoms with van der Waals surface area (Å²) in [5, 5.41) is 4.21. The van der Waals surface area contributed by atoms with Crippen LogP contribution in [0.3, 0.4) is 0 Å². The van der Waals surface area contributed by atoms with Gasteiger partial charge in [0.05, 0.1) is 6.20 Å². The Balaban J connectivity index is 2.30. The zero-order chi connectivity index (χ0) is 11.5. The van der Waals surface area contributed by atoms with Crippen molar-refractivity contribution in [3.63, 3.8) is 0 Å². The van der Waals surface area contributed by atoms with Gasteiger partial charge in [0.25, 0.3) is 0 Å². The fourth-order valence-corrected chi connectivity index (χ4v) is 2.14. The molecule has 1 heterocycles. The van der Waals surface area contributed by atoms with Gasteiger partial charge in [-0.25, -0.2) is 4.68 Å². The summed E-state index contributed by atoms with van der Waals surface area (Å²) in [4.78, 5) is 0. The molecule has 0 bridgehead atoms. The molecule has 1 aromatic heterocycles. The largest absolute Gasteiger partial charge is 0.359 e. The second kappa shape index (κ2) is 5.27. The molecule has 0 spiro atoms. The Bertz CT molecular complexity index is 320. The van der Waals surface area contributed by atoms with Crippen molar-refractivity contribution in [3.8, 4) is 0 Å². The monoisotopic (exact) mass is 290 g/mol. The minimum Gasteiger partial charge on any atom is -0.359 e. The molecule has 0 aliphatic rings. The van der Waals surface area contributed by atoms with E-state index < -0.39 is 8.07 Å². The van der Waals surface area contributed by atoms with Crippen LogP contribution in [-0.4, -0.2) is 24.5 Å². The highest BCUT2D eigenvalue weighted by Crippen LogP contribution is 2.15. The Hall–Kier alpha value is -0.133. The summed E-state index contributed by atoms with van der Waals surface area (Å²) in [5.74, 6) is 0. The first kappa shape index (κ1) is 12.9. The number of rotatable bonds is 5. The van der Waals surface area contributed by atoms with E-state index in [0.717, 1.165) is 16.8 Å². The van der Waals surface area contributed by atoms with E-state index in [0.29, 0.717) is 6.73 Å². The lowest BCUT2D eigenvalue weighted by Gasteiger charge is -2.15. The van der Waals surface area contributed by atoms with E-state index in [1.807, 2.05) is 17.8 Å². The zero-order valence-corrected chi connectivity index (χ0v) is 12.5. The molecule has 15 heavy (non-hydrogen) atoms. The average Bonchev–Trinajstić information content (AvgIpc) is 2.42. The lowest BCUT2D eigenvalue weighted by Crippen LogP contribution is -2.22. The predicted octanol–water partition coefficient (Wildman–Crippen LogP) is 3.27. The molecule has 0 aliphatic heterocycles. The summed E-state index contributed by atoms with van der Waals surface area (Å²) in [7, 11) is -0.970. The highest BCUT2D eigenvalue weighted by molar-refractivity contribution is 9.10. The predicted molar refractivity (Wildman–Crippen MR) is 68.8 cm³/mol. The van der Waals surface area contributed by atoms with E-state index in [9.17, 15) is 0 Å². The second-order valence-corrected chi connectivity index (χ2v) is 11.3. The molecular weight excluding hydrogens is 272 g/mol. The van der Waals surface area contributed by atoms with Crippen molar-refractivity contribution in [2.75, 3.05) is 6.61 Å². The Morgan fingerprint density at radius 1 is 1.47 bits per heavy atom. The third-order valence-electron chi connectivity index (χ3n) is 2.15. The van der Waals surface area contributed by atoms with Gasteiger partial charge in [0.1, 0.15) is 11.3 Å². The van der Waals surface area contributed by atoms with E-state index in [4.69, 9.17) is 4.74 Å². The van der Waals surface area contributed by atoms with Gasteiger partial charge in [0.15, 0.2) is 0 Å². The van der Waals surface area contributed by atoms with Crippen LogP contribution >= 0.6 is 15.9 Å². The van der Waals surface area contributed by atoms with E-state index in [1.54, 1.807) is 0 Å². The molecule has 1 rings (SSSR count). The summed E-state index contributed by atoms with van der Waals surface area (Å²) < 4.78 is 8.44. The number of hydrogen-bond acceptors (Lipinski definition) is 2. The van der Waals surface area contributed by atoms with Crippen LogP contribution < -0.4 is 0 Å². The number of ether oxygens (including phenoxy) is 1. The third kappa shape index (κ3) is 4.48. The molecule has 0 saturated carbocycles. The van der Waals surface area contributed by atoms with Gasteiger partial charge in [-0.05, 0) is 28.9 Å². The van der Waals surface area contributed by atoms with Crippen LogP contribution in [0.2, 0.25) is 25.7 Å². The number of aromatic nitrogens is 2. The summed E-state index contributed by atoms with van der Waals surface area (Å²) in [6.45, 7) is 10.5. The van der Waals surface area contributed by atoms with Crippen LogP contribution in [-0.2, 0) is 11.5 Å². The summed E-state index contributed by atoms with van der Waals surface area (Å²) in [5.41, 5.74) is 1.14. The molecule has 0 radical (unpaired) electrons. The molecule has 0 N–H and O–H groups in total. The van der Waals surface area contributed by atoms with Gasteiger partial charge in [-0.1, -0.05) is 19.6 Å². The molecular formula is C10H19BrN2OSi. The first-order valence-corrected chi connectivity index (χ1v) is 9.66. The van der Waals surface area contributed by atoms with E-state index in [1.165, 1.54) is 6.04 Å². The molecule has 3 nitrogen and oxygen atoms in total. The van der Waals surface area contributed by atoms with Crippen molar-refractivity contribution in [1.82, 2.24) is 9.78 Å². The first-order valence-electron chi connectivity index (χ1n) is 5.16. The van der Waals surface area contributed by atoms with Gasteiger partial charge in [0.2, 0.25) is 0 Å². The van der Waals surface area contributed by atoms with Crippen molar-refractivity contribution in [2.24, 2.45) is 0 Å². The fourth-order valence-electron chi connectivity index (χ4n) is 1.08. The Labute approximate surface area is 101 Å². The van der Waals surface area contributed by atoms with Gasteiger partial charge < -0.3 is 4.74 Å². The molecule has 0 aliphatic carbocycles. The standard InChI is InChI=1S/C10H19BrN2OSi/c1-9-7-12-13(10(9)11)8-14-5-6-15(2,3)4/h7H,5-6,8H2,1-4H3. The molecule has 0 saturated heterocycles. The summed E-state index contributed by atoms with van der Waals surface area (Å²) in [6.07, 6.45) is 1.84. The minimum absolute atomic E-state index is 0.541. The van der Waals surface area contributed by atoms with Crippen LogP contribution in [0.5, 0.6) is 0 Å². The highest BCUT2D eigenvalue weighted by atomic mass is 79.9. The molecule has 0 aromatic carbocycles. The van der Waals surface area contributed by atoms with Crippen molar-refractivity contribution in [1.29, 1.82) is 0 Å². The molecule has 0 unspecified atom stereocenters. The summed E-state index contributed by atoms with van der Waals surface area (Å²) in [6, 6.07) is 1.20. The quantitative estimate of drug-likeness (QED) is 0.615. The van der Waals surface area contributed by atoms with Crippen molar-refractivity contribution in [3.05, 3.63) is 16.4 Å². The van der Waals surface area contributed by atoms with Crippen molar-refractivity contribution < 1.29 is 4.74 Å². The SMILES string of the molecule is Cc1cnn(COCC[Si](C)(C)C)c1Br. The van der Waals surface area contributed by atoms with E-state index >= 15 is 0 Å². The first-order chi connectivity index (χ1) is 6.90. The molecule has 0 atom stereocenters. The number of nitrogens with zero attached hydrogens (tertiary/aromatic N) is 2. The summed E-state index contributed by atoms with van der Waals surface area (Å²) >= 11 is 3.47. The number of hydrogen-bond donors (Lipinski definition) is 0. The third-order valence-corrected chi connectivity index (χ3v) is 4.89. The Morgan fingerprint density at radius 2 is 2.13 bits per heavy atom. The van der Waals surface area contributed by atoms with Crippen molar-refractivity contribution >= 4 is 24.0 Å². The van der Waals surface area contributed by atoms with Crippen molar-refractivity contribution in [2.45, 2.75) is 39.3 Å². The van der Waals surface area contributed by atoms with Gasteiger partial charge in [0, 0.05) is 20.2 Å². The van der Waals surface area contributed by atoms with E-state index in [-0.39, 0.29) is 0 Å². The normalized spacial score (nSPS) is 12.1. The van der Waals surface area contributed by atoms with Crippen LogP contribution in [0.15, 0.2) is 10.8 Å². The number of aryl methyl sites for hydroxylation is 1. The molecule has 1 aromatic rings. The smallest absolute Gasteiger partial charge is 0.140 e. The topological polar surface area (TPSA) is 27.1 Å². The van der Waals surface area contributed by atoms with Gasteiger partial charge >= 0.3 is 0 Å². The molecule has 0 amide bonds. The average molecular weight is 291 g/mol. The number of halogens is 1. The van der Waals surface area contributed by atoms with Crippen LogP contribution in [0, 0.1) is 6.92 Å². The molecule has 0 fully saturated rings. The molecule has 5 heteroatoms. The fraction of sp³-hybridized carbons (Fsp3) is 0.700. The van der Waals surface area contributed by atoms with Gasteiger partial charge in [-0.3, -0.25) is 0 Å². The van der Waals surface area contributed by atoms with Crippen LogP contribution in [0.4, 0.5) is 0 Å². The van der Waals surface area contributed by atoms with Gasteiger partial charge in [-0.15, -0.1) is 0 Å². The lowest BCUT2D eigenvalue weighted by molar-refractivity contribution is 0.0769. The maximum Gasteiger partial charge on any atom is 0.140 e.